The standard InChI is InChI=1S/C57H41BN2O/c1-56(2,3)37-29-31-40(32-30-37)60-54-43(33-34-50-52(54)42-23-12-15-28-49(42)61-50)51-41-22-11-10-17-36(41)35-48-53(51)58(60)46-26-16-25-45-55(46)59(48)47-27-14-13-24-44(47)57(45,38-18-6-4-7-19-38)39-20-8-5-9-21-39/h4-35H,1-3H3. The van der Waals surface area contributed by atoms with Gasteiger partial charge in [0.1, 0.15) is 11.2 Å². The maximum Gasteiger partial charge on any atom is 0.333 e. The lowest BCUT2D eigenvalue weighted by atomic mass is 9.42. The highest BCUT2D eigenvalue weighted by Crippen LogP contribution is 2.60. The van der Waals surface area contributed by atoms with Crippen molar-refractivity contribution in [2.75, 3.05) is 9.71 Å². The number of rotatable bonds is 3. The minimum absolute atomic E-state index is 0.0144. The van der Waals surface area contributed by atoms with Crippen LogP contribution in [0.5, 0.6) is 0 Å². The highest BCUT2D eigenvalue weighted by Gasteiger charge is 2.53. The Morgan fingerprint density at radius 2 is 1.18 bits per heavy atom. The monoisotopic (exact) mass is 780 g/mol. The number of para-hydroxylation sites is 3. The van der Waals surface area contributed by atoms with Gasteiger partial charge in [0.05, 0.1) is 16.5 Å². The minimum Gasteiger partial charge on any atom is -0.456 e. The van der Waals surface area contributed by atoms with Gasteiger partial charge in [0.25, 0.3) is 0 Å². The van der Waals surface area contributed by atoms with Crippen molar-refractivity contribution in [1.82, 2.24) is 0 Å². The molecule has 0 saturated heterocycles. The van der Waals surface area contributed by atoms with Gasteiger partial charge in [-0.25, -0.2) is 0 Å². The van der Waals surface area contributed by atoms with Gasteiger partial charge in [-0.1, -0.05) is 172 Å². The molecule has 288 valence electrons. The lowest BCUT2D eigenvalue weighted by molar-refractivity contribution is 0.590. The average Bonchev–Trinajstić information content (AvgIpc) is 3.69. The van der Waals surface area contributed by atoms with Crippen LogP contribution in [-0.4, -0.2) is 6.85 Å². The summed E-state index contributed by atoms with van der Waals surface area (Å²) in [5.74, 6) is 0. The van der Waals surface area contributed by atoms with Gasteiger partial charge < -0.3 is 14.1 Å². The maximum absolute atomic E-state index is 6.71. The van der Waals surface area contributed by atoms with Crippen LogP contribution in [0.2, 0.25) is 0 Å². The first kappa shape index (κ1) is 34.6. The summed E-state index contributed by atoms with van der Waals surface area (Å²) in [5.41, 5.74) is 18.7. The van der Waals surface area contributed by atoms with E-state index in [1.54, 1.807) is 0 Å². The Kier molecular flexibility index (Phi) is 7.01. The Morgan fingerprint density at radius 1 is 0.525 bits per heavy atom. The molecule has 0 radical (unpaired) electrons. The molecule has 10 aromatic rings. The van der Waals surface area contributed by atoms with Crippen LogP contribution in [0.1, 0.15) is 48.6 Å². The molecule has 4 heterocycles. The Balaban J connectivity index is 1.23. The molecule has 4 heteroatoms. The Bertz CT molecular complexity index is 3380. The minimum atomic E-state index is -0.585. The molecular weight excluding hydrogens is 739 g/mol. The number of anilines is 5. The van der Waals surface area contributed by atoms with Gasteiger partial charge in [-0.3, -0.25) is 0 Å². The zero-order chi connectivity index (χ0) is 40.6. The molecule has 0 atom stereocenters. The highest BCUT2D eigenvalue weighted by molar-refractivity contribution is 6.94. The number of fused-ring (bicyclic) bond motifs is 12. The molecule has 3 aliphatic rings. The lowest BCUT2D eigenvalue weighted by Gasteiger charge is -2.52. The first-order chi connectivity index (χ1) is 29.9. The van der Waals surface area contributed by atoms with E-state index in [1.807, 2.05) is 0 Å². The summed E-state index contributed by atoms with van der Waals surface area (Å²) in [5, 5.41) is 4.76. The van der Waals surface area contributed by atoms with Crippen molar-refractivity contribution < 1.29 is 4.42 Å². The van der Waals surface area contributed by atoms with Crippen LogP contribution in [0, 0.1) is 0 Å². The zero-order valence-electron chi connectivity index (χ0n) is 34.4. The summed E-state index contributed by atoms with van der Waals surface area (Å²) < 4.78 is 6.71. The molecule has 1 aromatic heterocycles. The van der Waals surface area contributed by atoms with Crippen molar-refractivity contribution in [3.63, 3.8) is 0 Å². The van der Waals surface area contributed by atoms with Crippen LogP contribution in [-0.2, 0) is 10.8 Å². The van der Waals surface area contributed by atoms with Gasteiger partial charge in [-0.15, -0.1) is 0 Å². The largest absolute Gasteiger partial charge is 0.456 e. The van der Waals surface area contributed by atoms with E-state index in [1.165, 1.54) is 83.4 Å². The second-order valence-corrected chi connectivity index (χ2v) is 18.0. The van der Waals surface area contributed by atoms with Crippen LogP contribution >= 0.6 is 0 Å². The van der Waals surface area contributed by atoms with Gasteiger partial charge in [0.2, 0.25) is 0 Å². The number of furan rings is 1. The molecule has 0 saturated carbocycles. The predicted octanol–water partition coefficient (Wildman–Crippen LogP) is 13.4. The molecule has 0 unspecified atom stereocenters. The zero-order valence-corrected chi connectivity index (χ0v) is 34.4. The summed E-state index contributed by atoms with van der Waals surface area (Å²) in [6.07, 6.45) is 0. The van der Waals surface area contributed by atoms with Crippen LogP contribution in [0.25, 0.3) is 43.8 Å². The van der Waals surface area contributed by atoms with Gasteiger partial charge in [-0.05, 0) is 103 Å². The summed E-state index contributed by atoms with van der Waals surface area (Å²) in [7, 11) is 0. The molecule has 0 fully saturated rings. The van der Waals surface area contributed by atoms with Crippen molar-refractivity contribution >= 4 is 78.9 Å². The molecule has 61 heavy (non-hydrogen) atoms. The Hall–Kier alpha value is -7.30. The topological polar surface area (TPSA) is 19.6 Å². The van der Waals surface area contributed by atoms with Gasteiger partial charge in [0.15, 0.2) is 0 Å². The normalized spacial score (nSPS) is 14.5. The SMILES string of the molecule is CC(C)(C)c1ccc(N2B3c4cccc5c4N(c4ccccc4C5(c4ccccc4)c4ccccc4)c4cc5ccccc5c(c43)-c3ccc4oc5ccccc5c4c32)cc1. The third-order valence-corrected chi connectivity index (χ3v) is 13.8. The lowest BCUT2D eigenvalue weighted by Crippen LogP contribution is -2.62. The van der Waals surface area contributed by atoms with Crippen molar-refractivity contribution in [2.45, 2.75) is 31.6 Å². The molecule has 0 aliphatic carbocycles. The van der Waals surface area contributed by atoms with Crippen LogP contribution in [0.15, 0.2) is 199 Å². The van der Waals surface area contributed by atoms with Gasteiger partial charge in [0, 0.05) is 33.7 Å². The van der Waals surface area contributed by atoms with Crippen molar-refractivity contribution in [3.8, 4) is 11.1 Å². The fraction of sp³-hybridized carbons (Fsp3) is 0.0877. The maximum atomic E-state index is 6.71. The summed E-state index contributed by atoms with van der Waals surface area (Å²) in [6.45, 7) is 6.72. The number of hydrogen-bond acceptors (Lipinski definition) is 3. The quantitative estimate of drug-likeness (QED) is 0.167. The van der Waals surface area contributed by atoms with Crippen LogP contribution < -0.4 is 20.6 Å². The van der Waals surface area contributed by atoms with E-state index in [2.05, 4.69) is 225 Å². The fourth-order valence-electron chi connectivity index (χ4n) is 11.3. The average molecular weight is 781 g/mol. The van der Waals surface area contributed by atoms with E-state index in [9.17, 15) is 0 Å². The third kappa shape index (κ3) is 4.54. The van der Waals surface area contributed by atoms with Crippen molar-refractivity contribution in [3.05, 3.63) is 222 Å². The molecule has 0 bridgehead atoms. The van der Waals surface area contributed by atoms with E-state index in [0.29, 0.717) is 0 Å². The number of nitrogens with zero attached hydrogens (tertiary/aromatic N) is 2. The number of benzene rings is 9. The molecule has 3 nitrogen and oxygen atoms in total. The molecule has 3 aliphatic heterocycles. The molecule has 0 spiro atoms. The first-order valence-electron chi connectivity index (χ1n) is 21.5. The van der Waals surface area contributed by atoms with E-state index in [0.717, 1.165) is 27.6 Å². The van der Waals surface area contributed by atoms with E-state index in [-0.39, 0.29) is 12.3 Å². The second kappa shape index (κ2) is 12.4. The molecular formula is C57H41BN2O. The third-order valence-electron chi connectivity index (χ3n) is 13.8. The van der Waals surface area contributed by atoms with Crippen LogP contribution in [0.4, 0.5) is 28.4 Å². The van der Waals surface area contributed by atoms with Crippen molar-refractivity contribution in [2.24, 2.45) is 0 Å². The second-order valence-electron chi connectivity index (χ2n) is 18.0. The van der Waals surface area contributed by atoms with E-state index < -0.39 is 5.41 Å². The van der Waals surface area contributed by atoms with Crippen molar-refractivity contribution in [1.29, 1.82) is 0 Å². The Morgan fingerprint density at radius 3 is 1.93 bits per heavy atom. The Labute approximate surface area is 356 Å². The first-order valence-corrected chi connectivity index (χ1v) is 21.5. The van der Waals surface area contributed by atoms with E-state index >= 15 is 0 Å². The highest BCUT2D eigenvalue weighted by atomic mass is 16.3. The van der Waals surface area contributed by atoms with Crippen LogP contribution in [0.3, 0.4) is 0 Å². The van der Waals surface area contributed by atoms with Gasteiger partial charge in [-0.2, -0.15) is 0 Å². The van der Waals surface area contributed by atoms with Gasteiger partial charge >= 0.3 is 6.85 Å². The molecule has 0 amide bonds. The number of hydrogen-bond donors (Lipinski definition) is 0. The molecule has 9 aromatic carbocycles. The summed E-state index contributed by atoms with van der Waals surface area (Å²) >= 11 is 0. The van der Waals surface area contributed by atoms with E-state index in [4.69, 9.17) is 4.42 Å². The molecule has 13 rings (SSSR count). The fourth-order valence-corrected chi connectivity index (χ4v) is 11.3. The molecule has 0 N–H and O–H groups in total. The summed E-state index contributed by atoms with van der Waals surface area (Å²) in [4.78, 5) is 5.27. The smallest absolute Gasteiger partial charge is 0.333 e. The summed E-state index contributed by atoms with van der Waals surface area (Å²) in [6, 6.07) is 72.5. The predicted molar refractivity (Wildman–Crippen MR) is 256 cm³/mol.